The van der Waals surface area contributed by atoms with Crippen molar-refractivity contribution < 1.29 is 0 Å². The Bertz CT molecular complexity index is 229. The van der Waals surface area contributed by atoms with Gasteiger partial charge in [0.2, 0.25) is 0 Å². The molecule has 0 saturated carbocycles. The van der Waals surface area contributed by atoms with Crippen LogP contribution in [-0.4, -0.2) is 4.57 Å². The predicted molar refractivity (Wildman–Crippen MR) is 56.6 cm³/mol. The molecule has 0 fully saturated rings. The van der Waals surface area contributed by atoms with Crippen LogP contribution in [0.25, 0.3) is 0 Å². The van der Waals surface area contributed by atoms with E-state index in [0.29, 0.717) is 6.54 Å². The largest absolute Gasteiger partial charge is 0.347 e. The highest BCUT2D eigenvalue weighted by molar-refractivity contribution is 5.16. The molecule has 74 valence electrons. The standard InChI is InChI=1S/C11H20N2/c1-3-5-8-13-10(4-2)6-7-11(13)9-12/h6-7H,3-5,8-9,12H2,1-2H3. The molecule has 0 aliphatic carbocycles. The van der Waals surface area contributed by atoms with Crippen molar-refractivity contribution in [2.45, 2.75) is 46.2 Å². The second kappa shape index (κ2) is 5.07. The van der Waals surface area contributed by atoms with E-state index in [1.165, 1.54) is 24.2 Å². The third kappa shape index (κ3) is 2.34. The minimum atomic E-state index is 0.656. The molecule has 1 aromatic heterocycles. The monoisotopic (exact) mass is 180 g/mol. The summed E-state index contributed by atoms with van der Waals surface area (Å²) in [6.45, 7) is 6.19. The third-order valence-corrected chi connectivity index (χ3v) is 2.47. The van der Waals surface area contributed by atoms with E-state index in [0.717, 1.165) is 13.0 Å². The lowest BCUT2D eigenvalue weighted by Gasteiger charge is -2.10. The number of aromatic nitrogens is 1. The summed E-state index contributed by atoms with van der Waals surface area (Å²) in [6, 6.07) is 4.34. The topological polar surface area (TPSA) is 30.9 Å². The van der Waals surface area contributed by atoms with Crippen LogP contribution in [0.2, 0.25) is 0 Å². The van der Waals surface area contributed by atoms with Gasteiger partial charge < -0.3 is 10.3 Å². The van der Waals surface area contributed by atoms with E-state index in [1.807, 2.05) is 0 Å². The van der Waals surface area contributed by atoms with Crippen molar-refractivity contribution in [2.75, 3.05) is 0 Å². The predicted octanol–water partition coefficient (Wildman–Crippen LogP) is 2.31. The number of aryl methyl sites for hydroxylation is 1. The molecule has 0 aliphatic heterocycles. The summed E-state index contributed by atoms with van der Waals surface area (Å²) in [5.41, 5.74) is 8.35. The lowest BCUT2D eigenvalue weighted by atomic mass is 10.3. The van der Waals surface area contributed by atoms with Crippen LogP contribution in [-0.2, 0) is 19.5 Å². The van der Waals surface area contributed by atoms with Crippen molar-refractivity contribution in [3.05, 3.63) is 23.5 Å². The summed E-state index contributed by atoms with van der Waals surface area (Å²) in [4.78, 5) is 0. The molecule has 0 aliphatic rings. The van der Waals surface area contributed by atoms with Crippen LogP contribution in [0.15, 0.2) is 12.1 Å². The van der Waals surface area contributed by atoms with E-state index in [2.05, 4.69) is 30.5 Å². The van der Waals surface area contributed by atoms with Crippen molar-refractivity contribution in [1.82, 2.24) is 4.57 Å². The smallest absolute Gasteiger partial charge is 0.0334 e. The lowest BCUT2D eigenvalue weighted by molar-refractivity contribution is 0.590. The Balaban J connectivity index is 2.78. The summed E-state index contributed by atoms with van der Waals surface area (Å²) in [7, 11) is 0. The van der Waals surface area contributed by atoms with Crippen molar-refractivity contribution >= 4 is 0 Å². The molecule has 0 amide bonds. The molecule has 0 unspecified atom stereocenters. The highest BCUT2D eigenvalue weighted by atomic mass is 15.0. The number of rotatable bonds is 5. The molecule has 0 radical (unpaired) electrons. The zero-order chi connectivity index (χ0) is 9.68. The maximum atomic E-state index is 5.67. The highest BCUT2D eigenvalue weighted by Gasteiger charge is 2.03. The molecule has 1 heterocycles. The van der Waals surface area contributed by atoms with E-state index in [-0.39, 0.29) is 0 Å². The summed E-state index contributed by atoms with van der Waals surface area (Å²) in [5, 5.41) is 0. The van der Waals surface area contributed by atoms with Gasteiger partial charge in [0, 0.05) is 24.5 Å². The summed E-state index contributed by atoms with van der Waals surface area (Å²) in [6.07, 6.45) is 3.59. The molecule has 0 saturated heterocycles. The molecule has 0 aromatic carbocycles. The average molecular weight is 180 g/mol. The van der Waals surface area contributed by atoms with Gasteiger partial charge in [0.05, 0.1) is 0 Å². The van der Waals surface area contributed by atoms with Crippen LogP contribution in [0.3, 0.4) is 0 Å². The molecule has 0 bridgehead atoms. The summed E-state index contributed by atoms with van der Waals surface area (Å²) < 4.78 is 2.36. The van der Waals surface area contributed by atoms with Gasteiger partial charge in [-0.15, -0.1) is 0 Å². The molecule has 1 aromatic rings. The zero-order valence-corrected chi connectivity index (χ0v) is 8.71. The van der Waals surface area contributed by atoms with Crippen molar-refractivity contribution in [1.29, 1.82) is 0 Å². The number of hydrogen-bond donors (Lipinski definition) is 1. The molecular formula is C11H20N2. The van der Waals surface area contributed by atoms with E-state index in [9.17, 15) is 0 Å². The molecular weight excluding hydrogens is 160 g/mol. The first kappa shape index (κ1) is 10.3. The van der Waals surface area contributed by atoms with E-state index in [1.54, 1.807) is 0 Å². The van der Waals surface area contributed by atoms with E-state index >= 15 is 0 Å². The number of nitrogens with two attached hydrogens (primary N) is 1. The van der Waals surface area contributed by atoms with Gasteiger partial charge >= 0.3 is 0 Å². The normalized spacial score (nSPS) is 10.7. The molecule has 0 spiro atoms. The fourth-order valence-electron chi connectivity index (χ4n) is 1.65. The van der Waals surface area contributed by atoms with Crippen LogP contribution < -0.4 is 5.73 Å². The third-order valence-electron chi connectivity index (χ3n) is 2.47. The molecule has 2 heteroatoms. The molecule has 2 nitrogen and oxygen atoms in total. The SMILES string of the molecule is CCCCn1c(CC)ccc1CN. The first-order valence-electron chi connectivity index (χ1n) is 5.20. The van der Waals surface area contributed by atoms with Crippen LogP contribution in [0.1, 0.15) is 38.1 Å². The molecule has 1 rings (SSSR count). The summed E-state index contributed by atoms with van der Waals surface area (Å²) >= 11 is 0. The lowest BCUT2D eigenvalue weighted by Crippen LogP contribution is -2.09. The Morgan fingerprint density at radius 2 is 1.92 bits per heavy atom. The fraction of sp³-hybridized carbons (Fsp3) is 0.636. The maximum Gasteiger partial charge on any atom is 0.0334 e. The Hall–Kier alpha value is -0.760. The van der Waals surface area contributed by atoms with Gasteiger partial charge in [-0.2, -0.15) is 0 Å². The average Bonchev–Trinajstić information content (AvgIpc) is 2.56. The Kier molecular flexibility index (Phi) is 4.03. The van der Waals surface area contributed by atoms with Gasteiger partial charge in [-0.3, -0.25) is 0 Å². The fourth-order valence-corrected chi connectivity index (χ4v) is 1.65. The van der Waals surface area contributed by atoms with E-state index in [4.69, 9.17) is 5.73 Å². The number of nitrogens with zero attached hydrogens (tertiary/aromatic N) is 1. The highest BCUT2D eigenvalue weighted by Crippen LogP contribution is 2.11. The van der Waals surface area contributed by atoms with Crippen LogP contribution in [0, 0.1) is 0 Å². The number of unbranched alkanes of at least 4 members (excludes halogenated alkanes) is 1. The zero-order valence-electron chi connectivity index (χ0n) is 8.71. The van der Waals surface area contributed by atoms with Gasteiger partial charge in [-0.1, -0.05) is 20.3 Å². The Morgan fingerprint density at radius 1 is 1.23 bits per heavy atom. The molecule has 2 N–H and O–H groups in total. The second-order valence-electron chi connectivity index (χ2n) is 3.38. The first-order valence-corrected chi connectivity index (χ1v) is 5.20. The molecule has 13 heavy (non-hydrogen) atoms. The van der Waals surface area contributed by atoms with Crippen molar-refractivity contribution in [3.63, 3.8) is 0 Å². The minimum absolute atomic E-state index is 0.656. The Morgan fingerprint density at radius 3 is 2.46 bits per heavy atom. The maximum absolute atomic E-state index is 5.67. The second-order valence-corrected chi connectivity index (χ2v) is 3.38. The minimum Gasteiger partial charge on any atom is -0.347 e. The van der Waals surface area contributed by atoms with Crippen molar-refractivity contribution in [3.8, 4) is 0 Å². The molecule has 0 atom stereocenters. The van der Waals surface area contributed by atoms with Gasteiger partial charge in [0.1, 0.15) is 0 Å². The summed E-state index contributed by atoms with van der Waals surface area (Å²) in [5.74, 6) is 0. The van der Waals surface area contributed by atoms with Crippen LogP contribution >= 0.6 is 0 Å². The Labute approximate surface area is 80.7 Å². The van der Waals surface area contributed by atoms with E-state index < -0.39 is 0 Å². The first-order chi connectivity index (χ1) is 6.33. The van der Waals surface area contributed by atoms with Gasteiger partial charge in [-0.05, 0) is 25.0 Å². The quantitative estimate of drug-likeness (QED) is 0.740. The van der Waals surface area contributed by atoms with Gasteiger partial charge in [0.15, 0.2) is 0 Å². The van der Waals surface area contributed by atoms with Crippen LogP contribution in [0.4, 0.5) is 0 Å². The number of hydrogen-bond acceptors (Lipinski definition) is 1. The van der Waals surface area contributed by atoms with Crippen LogP contribution in [0.5, 0.6) is 0 Å². The van der Waals surface area contributed by atoms with Gasteiger partial charge in [0.25, 0.3) is 0 Å². The van der Waals surface area contributed by atoms with Crippen molar-refractivity contribution in [2.24, 2.45) is 5.73 Å². The van der Waals surface area contributed by atoms with Gasteiger partial charge in [-0.25, -0.2) is 0 Å².